The lowest BCUT2D eigenvalue weighted by atomic mass is 10.2. The van der Waals surface area contributed by atoms with Crippen LogP contribution in [0.15, 0.2) is 22.4 Å². The molecule has 1 fully saturated rings. The smallest absolute Gasteiger partial charge is 0.258 e. The number of carbonyl (C=O) groups excluding carboxylic acids is 1. The molecule has 0 unspecified atom stereocenters. The van der Waals surface area contributed by atoms with Crippen molar-refractivity contribution in [3.63, 3.8) is 0 Å². The van der Waals surface area contributed by atoms with Crippen LogP contribution in [0.5, 0.6) is 0 Å². The summed E-state index contributed by atoms with van der Waals surface area (Å²) >= 11 is 3.02. The summed E-state index contributed by atoms with van der Waals surface area (Å²) in [6.07, 6.45) is 4.74. The zero-order chi connectivity index (χ0) is 13.9. The molecule has 1 amide bonds. The van der Waals surface area contributed by atoms with E-state index in [9.17, 15) is 9.59 Å². The van der Waals surface area contributed by atoms with Crippen LogP contribution in [-0.4, -0.2) is 27.1 Å². The van der Waals surface area contributed by atoms with E-state index in [1.807, 2.05) is 5.38 Å². The average molecular weight is 309 g/mol. The Hall–Kier alpha value is -1.34. The highest BCUT2D eigenvalue weighted by Crippen LogP contribution is 2.23. The van der Waals surface area contributed by atoms with Gasteiger partial charge in [0.1, 0.15) is 0 Å². The highest BCUT2D eigenvalue weighted by atomic mass is 32.2. The summed E-state index contributed by atoms with van der Waals surface area (Å²) in [5.74, 6) is 0.711. The Morgan fingerprint density at radius 3 is 3.25 bits per heavy atom. The lowest BCUT2D eigenvalue weighted by Crippen LogP contribution is -2.30. The Balaban J connectivity index is 1.72. The third kappa shape index (κ3) is 2.88. The average Bonchev–Trinajstić information content (AvgIpc) is 2.81. The van der Waals surface area contributed by atoms with E-state index in [1.54, 1.807) is 24.0 Å². The van der Waals surface area contributed by atoms with Gasteiger partial charge >= 0.3 is 0 Å². The van der Waals surface area contributed by atoms with Gasteiger partial charge in [-0.05, 0) is 12.8 Å². The van der Waals surface area contributed by atoms with Gasteiger partial charge in [-0.1, -0.05) is 6.42 Å². The standard InChI is InChI=1S/C13H15N3O2S2/c17-11-7-9(15-13-16(11)5-6-19-13)8-20-10-3-1-2-4-14-12(10)18/h5-7,10H,1-4,8H2,(H,14,18)/t10-/m1/s1. The van der Waals surface area contributed by atoms with Crippen molar-refractivity contribution in [2.75, 3.05) is 6.54 Å². The molecular formula is C13H15N3O2S2. The predicted molar refractivity (Wildman–Crippen MR) is 81.3 cm³/mol. The van der Waals surface area contributed by atoms with Gasteiger partial charge in [-0.25, -0.2) is 4.98 Å². The van der Waals surface area contributed by atoms with Gasteiger partial charge in [-0.15, -0.1) is 23.1 Å². The van der Waals surface area contributed by atoms with Crippen LogP contribution in [0, 0.1) is 0 Å². The Morgan fingerprint density at radius 2 is 2.35 bits per heavy atom. The molecule has 20 heavy (non-hydrogen) atoms. The quantitative estimate of drug-likeness (QED) is 0.936. The highest BCUT2D eigenvalue weighted by molar-refractivity contribution is 7.99. The number of hydrogen-bond acceptors (Lipinski definition) is 5. The zero-order valence-electron chi connectivity index (χ0n) is 10.9. The molecule has 3 rings (SSSR count). The Kier molecular flexibility index (Phi) is 4.07. The highest BCUT2D eigenvalue weighted by Gasteiger charge is 2.21. The van der Waals surface area contributed by atoms with Crippen LogP contribution >= 0.6 is 23.1 Å². The number of hydrogen-bond donors (Lipinski definition) is 1. The SMILES string of the molecule is O=C1NCCCC[C@H]1SCc1cc(=O)n2ccsc2n1. The normalized spacial score (nSPS) is 19.8. The van der Waals surface area contributed by atoms with Gasteiger partial charge in [-0.2, -0.15) is 0 Å². The lowest BCUT2D eigenvalue weighted by molar-refractivity contribution is -0.120. The second kappa shape index (κ2) is 5.97. The molecule has 1 saturated heterocycles. The summed E-state index contributed by atoms with van der Waals surface area (Å²) in [5.41, 5.74) is 0.691. The molecule has 1 N–H and O–H groups in total. The fourth-order valence-corrected chi connectivity index (χ4v) is 4.04. The number of fused-ring (bicyclic) bond motifs is 1. The largest absolute Gasteiger partial charge is 0.355 e. The molecule has 0 bridgehead atoms. The van der Waals surface area contributed by atoms with E-state index in [2.05, 4.69) is 10.3 Å². The van der Waals surface area contributed by atoms with E-state index >= 15 is 0 Å². The van der Waals surface area contributed by atoms with Gasteiger partial charge in [0, 0.05) is 29.9 Å². The van der Waals surface area contributed by atoms with Crippen LogP contribution in [0.4, 0.5) is 0 Å². The minimum absolute atomic E-state index is 0.0268. The Labute approximate surface area is 124 Å². The van der Waals surface area contributed by atoms with Crippen LogP contribution in [0.25, 0.3) is 4.96 Å². The van der Waals surface area contributed by atoms with Crippen molar-refractivity contribution < 1.29 is 4.79 Å². The lowest BCUT2D eigenvalue weighted by Gasteiger charge is -2.12. The fourth-order valence-electron chi connectivity index (χ4n) is 2.22. The number of carbonyl (C=O) groups is 1. The molecule has 0 aromatic carbocycles. The van der Waals surface area contributed by atoms with Crippen LogP contribution in [0.3, 0.4) is 0 Å². The van der Waals surface area contributed by atoms with Crippen molar-refractivity contribution in [1.82, 2.24) is 14.7 Å². The van der Waals surface area contributed by atoms with Gasteiger partial charge < -0.3 is 5.32 Å². The van der Waals surface area contributed by atoms with Crippen molar-refractivity contribution in [2.24, 2.45) is 0 Å². The number of thiazole rings is 1. The molecule has 1 atom stereocenters. The topological polar surface area (TPSA) is 63.5 Å². The van der Waals surface area contributed by atoms with Gasteiger partial charge in [0.15, 0.2) is 4.96 Å². The van der Waals surface area contributed by atoms with Gasteiger partial charge in [0.05, 0.1) is 10.9 Å². The van der Waals surface area contributed by atoms with Gasteiger partial charge in [0.25, 0.3) is 5.56 Å². The van der Waals surface area contributed by atoms with E-state index < -0.39 is 0 Å². The Morgan fingerprint density at radius 1 is 1.45 bits per heavy atom. The van der Waals surface area contributed by atoms with Crippen LogP contribution in [0.2, 0.25) is 0 Å². The molecule has 1 aliphatic rings. The van der Waals surface area contributed by atoms with Crippen molar-refractivity contribution in [3.8, 4) is 0 Å². The summed E-state index contributed by atoms with van der Waals surface area (Å²) in [7, 11) is 0. The van der Waals surface area contributed by atoms with Crippen molar-refractivity contribution in [3.05, 3.63) is 33.7 Å². The van der Waals surface area contributed by atoms with Crippen LogP contribution in [0.1, 0.15) is 25.0 Å². The Bertz CT molecular complexity index is 680. The minimum atomic E-state index is -0.0582. The predicted octanol–water partition coefficient (Wildman–Crippen LogP) is 1.66. The first-order valence-electron chi connectivity index (χ1n) is 6.59. The maximum atomic E-state index is 11.9. The zero-order valence-corrected chi connectivity index (χ0v) is 12.5. The van der Waals surface area contributed by atoms with Gasteiger partial charge in [-0.3, -0.25) is 14.0 Å². The fraction of sp³-hybridized carbons (Fsp3) is 0.462. The molecule has 106 valence electrons. The molecule has 3 heterocycles. The van der Waals surface area contributed by atoms with E-state index in [0.717, 1.165) is 31.5 Å². The first-order valence-corrected chi connectivity index (χ1v) is 8.52. The third-order valence-electron chi connectivity index (χ3n) is 3.27. The maximum absolute atomic E-state index is 11.9. The van der Waals surface area contributed by atoms with E-state index in [1.165, 1.54) is 15.7 Å². The molecule has 2 aromatic heterocycles. The molecular weight excluding hydrogens is 294 g/mol. The summed E-state index contributed by atoms with van der Waals surface area (Å²) < 4.78 is 1.54. The molecule has 0 saturated carbocycles. The third-order valence-corrected chi connectivity index (χ3v) is 5.34. The number of thioether (sulfide) groups is 1. The van der Waals surface area contributed by atoms with Crippen LogP contribution < -0.4 is 10.9 Å². The number of nitrogens with zero attached hydrogens (tertiary/aromatic N) is 2. The molecule has 0 radical (unpaired) electrons. The molecule has 1 aliphatic heterocycles. The van der Waals surface area contributed by atoms with Gasteiger partial charge in [0.2, 0.25) is 5.91 Å². The van der Waals surface area contributed by atoms with Crippen molar-refractivity contribution in [2.45, 2.75) is 30.3 Å². The summed E-state index contributed by atoms with van der Waals surface area (Å²) in [5, 5.41) is 4.74. The molecule has 7 heteroatoms. The van der Waals surface area contributed by atoms with E-state index in [4.69, 9.17) is 0 Å². The second-order valence-corrected chi connectivity index (χ2v) is 6.79. The summed E-state index contributed by atoms with van der Waals surface area (Å²) in [6, 6.07) is 1.56. The van der Waals surface area contributed by atoms with E-state index in [0.29, 0.717) is 10.7 Å². The number of rotatable bonds is 3. The first kappa shape index (κ1) is 13.6. The van der Waals surface area contributed by atoms with Crippen molar-refractivity contribution >= 4 is 34.0 Å². The summed E-state index contributed by atoms with van der Waals surface area (Å²) in [6.45, 7) is 0.774. The maximum Gasteiger partial charge on any atom is 0.258 e. The monoisotopic (exact) mass is 309 g/mol. The molecule has 5 nitrogen and oxygen atoms in total. The van der Waals surface area contributed by atoms with Crippen molar-refractivity contribution in [1.29, 1.82) is 0 Å². The van der Waals surface area contributed by atoms with Crippen LogP contribution in [-0.2, 0) is 10.5 Å². The molecule has 2 aromatic rings. The second-order valence-electron chi connectivity index (χ2n) is 4.73. The minimum Gasteiger partial charge on any atom is -0.355 e. The molecule has 0 aliphatic carbocycles. The first-order chi connectivity index (χ1) is 9.74. The van der Waals surface area contributed by atoms with E-state index in [-0.39, 0.29) is 16.7 Å². The molecule has 0 spiro atoms. The summed E-state index contributed by atoms with van der Waals surface area (Å²) in [4.78, 5) is 28.9. The number of nitrogens with one attached hydrogen (secondary N) is 1. The number of amides is 1. The number of aromatic nitrogens is 2.